The molecular weight excluding hydrogens is 364 g/mol. The summed E-state index contributed by atoms with van der Waals surface area (Å²) in [4.78, 5) is 0. The van der Waals surface area contributed by atoms with Gasteiger partial charge in [-0.1, -0.05) is 149 Å². The minimum absolute atomic E-state index is 0.820. The number of rotatable bonds is 26. The molecule has 1 nitrogen and oxygen atoms in total. The Bertz CT molecular complexity index is 268. The first-order chi connectivity index (χ1) is 14.8. The first kappa shape index (κ1) is 30.0. The highest BCUT2D eigenvalue weighted by Gasteiger charge is 2.09. The fraction of sp³-hybridized carbons (Fsp3) is 1.00. The Morgan fingerprint density at radius 2 is 0.733 bits per heavy atom. The van der Waals surface area contributed by atoms with Crippen LogP contribution in [0.1, 0.15) is 168 Å². The van der Waals surface area contributed by atoms with Gasteiger partial charge in [0.25, 0.3) is 0 Å². The lowest BCUT2D eigenvalue weighted by Crippen LogP contribution is -2.11. The lowest BCUT2D eigenvalue weighted by molar-refractivity contribution is 0.0878. The van der Waals surface area contributed by atoms with Crippen molar-refractivity contribution in [2.75, 3.05) is 13.2 Å². The highest BCUT2D eigenvalue weighted by Crippen LogP contribution is 2.20. The molecule has 0 aromatic rings. The third kappa shape index (κ3) is 24.2. The van der Waals surface area contributed by atoms with Gasteiger partial charge < -0.3 is 4.74 Å². The highest BCUT2D eigenvalue weighted by molar-refractivity contribution is 4.61. The SMILES string of the molecule is CCCCCCCCCCC(CCCCCCCCCC)COCCCCCCC. The molecule has 0 spiro atoms. The van der Waals surface area contributed by atoms with Gasteiger partial charge in [-0.25, -0.2) is 0 Å². The summed E-state index contributed by atoms with van der Waals surface area (Å²) in [5, 5.41) is 0. The van der Waals surface area contributed by atoms with Crippen molar-refractivity contribution in [2.45, 2.75) is 168 Å². The van der Waals surface area contributed by atoms with Crippen molar-refractivity contribution >= 4 is 0 Å². The third-order valence-corrected chi connectivity index (χ3v) is 6.68. The van der Waals surface area contributed by atoms with Crippen molar-refractivity contribution in [1.29, 1.82) is 0 Å². The molecule has 0 saturated carbocycles. The van der Waals surface area contributed by atoms with E-state index in [1.54, 1.807) is 0 Å². The molecule has 0 radical (unpaired) electrons. The van der Waals surface area contributed by atoms with E-state index in [0.717, 1.165) is 19.1 Å². The largest absolute Gasteiger partial charge is 0.381 e. The number of hydrogen-bond acceptors (Lipinski definition) is 1. The van der Waals surface area contributed by atoms with Crippen molar-refractivity contribution in [3.8, 4) is 0 Å². The molecular formula is C29H60O. The fourth-order valence-electron chi connectivity index (χ4n) is 4.50. The first-order valence-electron chi connectivity index (χ1n) is 14.4. The molecule has 0 amide bonds. The quantitative estimate of drug-likeness (QED) is 0.125. The minimum Gasteiger partial charge on any atom is -0.381 e. The van der Waals surface area contributed by atoms with Crippen LogP contribution >= 0.6 is 0 Å². The average Bonchev–Trinajstić information content (AvgIpc) is 2.76. The van der Waals surface area contributed by atoms with E-state index in [9.17, 15) is 0 Å². The van der Waals surface area contributed by atoms with Gasteiger partial charge >= 0.3 is 0 Å². The molecule has 182 valence electrons. The van der Waals surface area contributed by atoms with Gasteiger partial charge in [0.15, 0.2) is 0 Å². The van der Waals surface area contributed by atoms with Crippen molar-refractivity contribution < 1.29 is 4.74 Å². The number of unbranched alkanes of at least 4 members (excludes halogenated alkanes) is 18. The molecule has 0 heterocycles. The van der Waals surface area contributed by atoms with Crippen LogP contribution in [-0.4, -0.2) is 13.2 Å². The van der Waals surface area contributed by atoms with Crippen LogP contribution in [0, 0.1) is 5.92 Å². The Kier molecular flexibility index (Phi) is 27.0. The van der Waals surface area contributed by atoms with Gasteiger partial charge in [-0.3, -0.25) is 0 Å². The van der Waals surface area contributed by atoms with Crippen molar-refractivity contribution in [2.24, 2.45) is 5.92 Å². The summed E-state index contributed by atoms with van der Waals surface area (Å²) in [7, 11) is 0. The molecule has 0 saturated heterocycles. The van der Waals surface area contributed by atoms with E-state index < -0.39 is 0 Å². The second-order valence-electron chi connectivity index (χ2n) is 9.88. The smallest absolute Gasteiger partial charge is 0.0494 e. The lowest BCUT2D eigenvalue weighted by atomic mass is 9.94. The molecule has 0 bridgehead atoms. The van der Waals surface area contributed by atoms with Crippen LogP contribution in [0.25, 0.3) is 0 Å². The van der Waals surface area contributed by atoms with E-state index in [-0.39, 0.29) is 0 Å². The monoisotopic (exact) mass is 424 g/mol. The molecule has 0 fully saturated rings. The van der Waals surface area contributed by atoms with Gasteiger partial charge in [-0.15, -0.1) is 0 Å². The Morgan fingerprint density at radius 3 is 1.13 bits per heavy atom. The predicted molar refractivity (Wildman–Crippen MR) is 138 cm³/mol. The zero-order valence-electron chi connectivity index (χ0n) is 21.7. The van der Waals surface area contributed by atoms with E-state index >= 15 is 0 Å². The third-order valence-electron chi connectivity index (χ3n) is 6.68. The molecule has 0 N–H and O–H groups in total. The number of hydrogen-bond donors (Lipinski definition) is 0. The van der Waals surface area contributed by atoms with Crippen LogP contribution in [0.15, 0.2) is 0 Å². The van der Waals surface area contributed by atoms with Crippen molar-refractivity contribution in [3.05, 3.63) is 0 Å². The molecule has 0 aromatic heterocycles. The molecule has 0 atom stereocenters. The fourth-order valence-corrected chi connectivity index (χ4v) is 4.50. The average molecular weight is 425 g/mol. The van der Waals surface area contributed by atoms with Crippen LogP contribution in [0.4, 0.5) is 0 Å². The summed E-state index contributed by atoms with van der Waals surface area (Å²) in [5.74, 6) is 0.820. The molecule has 30 heavy (non-hydrogen) atoms. The van der Waals surface area contributed by atoms with Gasteiger partial charge in [-0.2, -0.15) is 0 Å². The summed E-state index contributed by atoms with van der Waals surface area (Å²) in [6.07, 6.45) is 32.5. The minimum atomic E-state index is 0.820. The van der Waals surface area contributed by atoms with Gasteiger partial charge in [-0.05, 0) is 25.2 Å². The summed E-state index contributed by atoms with van der Waals surface area (Å²) in [5.41, 5.74) is 0. The van der Waals surface area contributed by atoms with Crippen LogP contribution < -0.4 is 0 Å². The maximum Gasteiger partial charge on any atom is 0.0494 e. The zero-order chi connectivity index (χ0) is 22.0. The van der Waals surface area contributed by atoms with Gasteiger partial charge in [0.05, 0.1) is 0 Å². The Hall–Kier alpha value is -0.0400. The Morgan fingerprint density at radius 1 is 0.400 bits per heavy atom. The van der Waals surface area contributed by atoms with Crippen LogP contribution in [0.5, 0.6) is 0 Å². The number of ether oxygens (including phenoxy) is 1. The lowest BCUT2D eigenvalue weighted by Gasteiger charge is -2.17. The Balaban J connectivity index is 3.81. The van der Waals surface area contributed by atoms with E-state index in [1.165, 1.54) is 148 Å². The molecule has 0 aliphatic rings. The first-order valence-corrected chi connectivity index (χ1v) is 14.4. The standard InChI is InChI=1S/C29H60O/c1-4-7-10-13-15-17-19-22-25-29(28-30-27-24-21-12-9-6-3)26-23-20-18-16-14-11-8-5-2/h29H,4-28H2,1-3H3. The van der Waals surface area contributed by atoms with Gasteiger partial charge in [0.1, 0.15) is 0 Å². The van der Waals surface area contributed by atoms with E-state index in [0.29, 0.717) is 0 Å². The summed E-state index contributed by atoms with van der Waals surface area (Å²) >= 11 is 0. The zero-order valence-corrected chi connectivity index (χ0v) is 21.7. The van der Waals surface area contributed by atoms with Crippen molar-refractivity contribution in [3.63, 3.8) is 0 Å². The Labute approximate surface area is 192 Å². The van der Waals surface area contributed by atoms with E-state index in [1.807, 2.05) is 0 Å². The van der Waals surface area contributed by atoms with E-state index in [2.05, 4.69) is 20.8 Å². The van der Waals surface area contributed by atoms with Crippen LogP contribution in [-0.2, 0) is 4.74 Å². The predicted octanol–water partition coefficient (Wildman–Crippen LogP) is 10.7. The molecule has 0 unspecified atom stereocenters. The van der Waals surface area contributed by atoms with Crippen molar-refractivity contribution in [1.82, 2.24) is 0 Å². The van der Waals surface area contributed by atoms with Crippen LogP contribution in [0.2, 0.25) is 0 Å². The van der Waals surface area contributed by atoms with Gasteiger partial charge in [0, 0.05) is 13.2 Å². The van der Waals surface area contributed by atoms with Gasteiger partial charge in [0.2, 0.25) is 0 Å². The molecule has 1 heteroatoms. The maximum absolute atomic E-state index is 6.12. The second-order valence-corrected chi connectivity index (χ2v) is 9.88. The second kappa shape index (κ2) is 27.0. The summed E-state index contributed by atoms with van der Waals surface area (Å²) in [6.45, 7) is 8.92. The van der Waals surface area contributed by atoms with E-state index in [4.69, 9.17) is 4.74 Å². The summed E-state index contributed by atoms with van der Waals surface area (Å²) in [6, 6.07) is 0. The maximum atomic E-state index is 6.12. The van der Waals surface area contributed by atoms with Crippen LogP contribution in [0.3, 0.4) is 0 Å². The summed E-state index contributed by atoms with van der Waals surface area (Å²) < 4.78 is 6.12. The highest BCUT2D eigenvalue weighted by atomic mass is 16.5. The molecule has 0 aromatic carbocycles. The molecule has 0 aliphatic heterocycles. The topological polar surface area (TPSA) is 9.23 Å². The normalized spacial score (nSPS) is 11.6. The molecule has 0 aliphatic carbocycles. The molecule has 0 rings (SSSR count).